The van der Waals surface area contributed by atoms with Gasteiger partial charge in [0.05, 0.1) is 0 Å². The number of ether oxygens (including phenoxy) is 1. The lowest BCUT2D eigenvalue weighted by Crippen LogP contribution is -2.35. The minimum atomic E-state index is -0.193. The lowest BCUT2D eigenvalue weighted by atomic mass is 9.89. The van der Waals surface area contributed by atoms with E-state index in [2.05, 4.69) is 11.8 Å². The minimum absolute atomic E-state index is 0.193. The Hall–Kier alpha value is -0.410. The Morgan fingerprint density at radius 1 is 1.50 bits per heavy atom. The predicted molar refractivity (Wildman–Crippen MR) is 58.5 cm³/mol. The lowest BCUT2D eigenvalue weighted by molar-refractivity contribution is -0.116. The van der Waals surface area contributed by atoms with E-state index < -0.39 is 0 Å². The fraction of sp³-hybridized carbons (Fsp3) is 0.909. The summed E-state index contributed by atoms with van der Waals surface area (Å²) in [6.45, 7) is 6.66. The highest BCUT2D eigenvalue weighted by molar-refractivity contribution is 5.58. The van der Waals surface area contributed by atoms with E-state index in [9.17, 15) is 4.79 Å². The summed E-state index contributed by atoms with van der Waals surface area (Å²) in [5.74, 6) is 0. The van der Waals surface area contributed by atoms with Crippen LogP contribution in [-0.4, -0.2) is 45.0 Å². The standard InChI is InChI=1S/C11H23NO2/c1-5-11(2,10-13)9-12(3)7-6-8-14-4/h10H,5-9H2,1-4H3. The summed E-state index contributed by atoms with van der Waals surface area (Å²) in [5, 5.41) is 0. The molecular weight excluding hydrogens is 178 g/mol. The van der Waals surface area contributed by atoms with Gasteiger partial charge >= 0.3 is 0 Å². The van der Waals surface area contributed by atoms with Crippen molar-refractivity contribution in [3.05, 3.63) is 0 Å². The summed E-state index contributed by atoms with van der Waals surface area (Å²) in [4.78, 5) is 13.1. The van der Waals surface area contributed by atoms with E-state index in [1.54, 1.807) is 7.11 Å². The van der Waals surface area contributed by atoms with Crippen LogP contribution >= 0.6 is 0 Å². The number of aldehydes is 1. The van der Waals surface area contributed by atoms with Crippen LogP contribution in [0.25, 0.3) is 0 Å². The van der Waals surface area contributed by atoms with Gasteiger partial charge in [0.15, 0.2) is 0 Å². The number of rotatable bonds is 8. The Kier molecular flexibility index (Phi) is 6.75. The van der Waals surface area contributed by atoms with Crippen molar-refractivity contribution in [2.75, 3.05) is 33.9 Å². The van der Waals surface area contributed by atoms with Gasteiger partial charge in [-0.15, -0.1) is 0 Å². The molecule has 3 heteroatoms. The van der Waals surface area contributed by atoms with Crippen LogP contribution in [0.1, 0.15) is 26.7 Å². The normalized spacial score (nSPS) is 15.5. The van der Waals surface area contributed by atoms with Gasteiger partial charge in [0.2, 0.25) is 0 Å². The molecule has 0 bridgehead atoms. The smallest absolute Gasteiger partial charge is 0.127 e. The monoisotopic (exact) mass is 201 g/mol. The van der Waals surface area contributed by atoms with Crippen LogP contribution in [0.4, 0.5) is 0 Å². The van der Waals surface area contributed by atoms with Gasteiger partial charge in [-0.25, -0.2) is 0 Å². The Bertz CT molecular complexity index is 161. The molecule has 0 radical (unpaired) electrons. The third kappa shape index (κ3) is 5.35. The van der Waals surface area contributed by atoms with Crippen molar-refractivity contribution in [2.45, 2.75) is 26.7 Å². The maximum Gasteiger partial charge on any atom is 0.127 e. The molecule has 0 amide bonds. The van der Waals surface area contributed by atoms with Gasteiger partial charge in [0, 0.05) is 32.2 Å². The van der Waals surface area contributed by atoms with Crippen LogP contribution in [0, 0.1) is 5.41 Å². The van der Waals surface area contributed by atoms with Crippen molar-refractivity contribution in [2.24, 2.45) is 5.41 Å². The Morgan fingerprint density at radius 2 is 2.14 bits per heavy atom. The van der Waals surface area contributed by atoms with Gasteiger partial charge in [-0.1, -0.05) is 13.8 Å². The van der Waals surface area contributed by atoms with Crippen molar-refractivity contribution >= 4 is 6.29 Å². The second-order valence-corrected chi connectivity index (χ2v) is 4.21. The summed E-state index contributed by atoms with van der Waals surface area (Å²) in [7, 11) is 3.76. The average Bonchev–Trinajstić information content (AvgIpc) is 2.18. The first-order chi connectivity index (χ1) is 6.58. The third-order valence-electron chi connectivity index (χ3n) is 2.61. The highest BCUT2D eigenvalue weighted by atomic mass is 16.5. The molecule has 14 heavy (non-hydrogen) atoms. The van der Waals surface area contributed by atoms with Crippen LogP contribution < -0.4 is 0 Å². The molecule has 1 atom stereocenters. The van der Waals surface area contributed by atoms with E-state index in [0.29, 0.717) is 0 Å². The van der Waals surface area contributed by atoms with Gasteiger partial charge < -0.3 is 14.4 Å². The molecule has 0 N–H and O–H groups in total. The van der Waals surface area contributed by atoms with Crippen molar-refractivity contribution in [3.63, 3.8) is 0 Å². The quantitative estimate of drug-likeness (QED) is 0.441. The number of hydrogen-bond donors (Lipinski definition) is 0. The van der Waals surface area contributed by atoms with E-state index in [0.717, 1.165) is 38.8 Å². The molecule has 0 aliphatic rings. The first-order valence-corrected chi connectivity index (χ1v) is 5.22. The number of carbonyl (C=O) groups is 1. The molecule has 0 saturated heterocycles. The molecule has 0 aromatic heterocycles. The minimum Gasteiger partial charge on any atom is -0.385 e. The number of carbonyl (C=O) groups excluding carboxylic acids is 1. The van der Waals surface area contributed by atoms with E-state index in [1.165, 1.54) is 0 Å². The molecular formula is C11H23NO2. The molecule has 84 valence electrons. The van der Waals surface area contributed by atoms with E-state index in [4.69, 9.17) is 4.74 Å². The average molecular weight is 201 g/mol. The zero-order valence-corrected chi connectivity index (χ0v) is 9.88. The van der Waals surface area contributed by atoms with Crippen LogP contribution in [-0.2, 0) is 9.53 Å². The molecule has 0 spiro atoms. The number of nitrogens with zero attached hydrogens (tertiary/aromatic N) is 1. The van der Waals surface area contributed by atoms with E-state index in [1.807, 2.05) is 14.0 Å². The summed E-state index contributed by atoms with van der Waals surface area (Å²) >= 11 is 0. The molecule has 0 aliphatic heterocycles. The zero-order chi connectivity index (χ0) is 11.0. The number of hydrogen-bond acceptors (Lipinski definition) is 3. The maximum absolute atomic E-state index is 10.9. The van der Waals surface area contributed by atoms with Crippen molar-refractivity contribution in [1.29, 1.82) is 0 Å². The maximum atomic E-state index is 10.9. The van der Waals surface area contributed by atoms with Crippen LogP contribution in [0.5, 0.6) is 0 Å². The molecule has 0 aromatic carbocycles. The third-order valence-corrected chi connectivity index (χ3v) is 2.61. The SMILES string of the molecule is CCC(C)(C=O)CN(C)CCCOC. The molecule has 0 aliphatic carbocycles. The zero-order valence-electron chi connectivity index (χ0n) is 9.88. The van der Waals surface area contributed by atoms with Gasteiger partial charge in [0.25, 0.3) is 0 Å². The molecule has 1 unspecified atom stereocenters. The first-order valence-electron chi connectivity index (χ1n) is 5.22. The fourth-order valence-electron chi connectivity index (χ4n) is 1.41. The lowest BCUT2D eigenvalue weighted by Gasteiger charge is -2.27. The van der Waals surface area contributed by atoms with Crippen LogP contribution in [0.2, 0.25) is 0 Å². The van der Waals surface area contributed by atoms with Crippen LogP contribution in [0.15, 0.2) is 0 Å². The highest BCUT2D eigenvalue weighted by Gasteiger charge is 2.22. The Morgan fingerprint density at radius 3 is 2.57 bits per heavy atom. The molecule has 0 fully saturated rings. The molecule has 3 nitrogen and oxygen atoms in total. The largest absolute Gasteiger partial charge is 0.385 e. The fourth-order valence-corrected chi connectivity index (χ4v) is 1.41. The molecule has 0 heterocycles. The summed E-state index contributed by atoms with van der Waals surface area (Å²) in [6.07, 6.45) is 2.98. The molecule has 0 rings (SSSR count). The second-order valence-electron chi connectivity index (χ2n) is 4.21. The highest BCUT2D eigenvalue weighted by Crippen LogP contribution is 2.18. The van der Waals surface area contributed by atoms with Gasteiger partial charge in [0.1, 0.15) is 6.29 Å². The van der Waals surface area contributed by atoms with Gasteiger partial charge in [-0.05, 0) is 19.9 Å². The first kappa shape index (κ1) is 13.6. The predicted octanol–water partition coefficient (Wildman–Crippen LogP) is 1.57. The summed E-state index contributed by atoms with van der Waals surface area (Å²) in [5.41, 5.74) is -0.193. The molecule has 0 saturated carbocycles. The second kappa shape index (κ2) is 6.96. The Balaban J connectivity index is 3.79. The van der Waals surface area contributed by atoms with E-state index >= 15 is 0 Å². The topological polar surface area (TPSA) is 29.5 Å². The van der Waals surface area contributed by atoms with Gasteiger partial charge in [-0.3, -0.25) is 0 Å². The number of methoxy groups -OCH3 is 1. The summed E-state index contributed by atoms with van der Waals surface area (Å²) in [6, 6.07) is 0. The van der Waals surface area contributed by atoms with Crippen molar-refractivity contribution < 1.29 is 9.53 Å². The molecule has 0 aromatic rings. The van der Waals surface area contributed by atoms with Crippen molar-refractivity contribution in [1.82, 2.24) is 4.90 Å². The van der Waals surface area contributed by atoms with Crippen molar-refractivity contribution in [3.8, 4) is 0 Å². The van der Waals surface area contributed by atoms with Gasteiger partial charge in [-0.2, -0.15) is 0 Å². The Labute approximate surface area is 87.4 Å². The van der Waals surface area contributed by atoms with E-state index in [-0.39, 0.29) is 5.41 Å². The summed E-state index contributed by atoms with van der Waals surface area (Å²) < 4.78 is 4.98. The van der Waals surface area contributed by atoms with Crippen LogP contribution in [0.3, 0.4) is 0 Å².